The maximum absolute atomic E-state index is 11.0. The van der Waals surface area contributed by atoms with E-state index in [4.69, 9.17) is 4.42 Å². The molecule has 1 aromatic heterocycles. The van der Waals surface area contributed by atoms with Gasteiger partial charge >= 0.3 is 0 Å². The van der Waals surface area contributed by atoms with Gasteiger partial charge in [0.25, 0.3) is 0 Å². The lowest BCUT2D eigenvalue weighted by atomic mass is 9.86. The van der Waals surface area contributed by atoms with Crippen molar-refractivity contribution in [2.75, 3.05) is 0 Å². The molecule has 1 aromatic carbocycles. The van der Waals surface area contributed by atoms with E-state index in [1.807, 2.05) is 6.07 Å². The van der Waals surface area contributed by atoms with Gasteiger partial charge in [0.1, 0.15) is 0 Å². The molecule has 2 rings (SSSR count). The zero-order chi connectivity index (χ0) is 13.4. The summed E-state index contributed by atoms with van der Waals surface area (Å²) < 4.78 is 5.22. The molecule has 2 heteroatoms. The number of aldehydes is 1. The Morgan fingerprint density at radius 2 is 1.39 bits per heavy atom. The first-order chi connectivity index (χ1) is 8.49. The van der Waals surface area contributed by atoms with Crippen LogP contribution in [0, 0.1) is 34.6 Å². The third-order valence-corrected chi connectivity index (χ3v) is 4.07. The van der Waals surface area contributed by atoms with Crippen LogP contribution in [0.3, 0.4) is 0 Å². The van der Waals surface area contributed by atoms with Gasteiger partial charge in [-0.3, -0.25) is 4.79 Å². The predicted octanol–water partition coefficient (Wildman–Crippen LogP) is 4.30. The van der Waals surface area contributed by atoms with E-state index < -0.39 is 0 Å². The molecule has 1 heterocycles. The molecule has 0 aliphatic carbocycles. The number of hydrogen-bond acceptors (Lipinski definition) is 2. The Kier molecular flexibility index (Phi) is 3.12. The molecule has 0 fully saturated rings. The van der Waals surface area contributed by atoms with E-state index >= 15 is 0 Å². The van der Waals surface area contributed by atoms with Crippen molar-refractivity contribution < 1.29 is 9.21 Å². The second-order valence-corrected chi connectivity index (χ2v) is 4.82. The van der Waals surface area contributed by atoms with Gasteiger partial charge < -0.3 is 4.42 Å². The number of benzene rings is 1. The van der Waals surface area contributed by atoms with Gasteiger partial charge in [0.05, 0.1) is 6.26 Å². The predicted molar refractivity (Wildman–Crippen MR) is 73.2 cm³/mol. The fraction of sp³-hybridized carbons (Fsp3) is 0.312. The van der Waals surface area contributed by atoms with Crippen LogP contribution >= 0.6 is 0 Å². The Labute approximate surface area is 108 Å². The highest BCUT2D eigenvalue weighted by atomic mass is 16.3. The van der Waals surface area contributed by atoms with Gasteiger partial charge in [0.15, 0.2) is 12.0 Å². The van der Waals surface area contributed by atoms with Gasteiger partial charge in [-0.15, -0.1) is 0 Å². The number of rotatable bonds is 2. The average Bonchev–Trinajstić information content (AvgIpc) is 2.82. The average molecular weight is 242 g/mol. The minimum atomic E-state index is 0.406. The summed E-state index contributed by atoms with van der Waals surface area (Å²) in [5.41, 5.74) is 8.36. The fourth-order valence-electron chi connectivity index (χ4n) is 2.52. The van der Waals surface area contributed by atoms with E-state index in [0.717, 1.165) is 17.4 Å². The lowest BCUT2D eigenvalue weighted by Gasteiger charge is -2.18. The number of furan rings is 1. The van der Waals surface area contributed by atoms with Crippen molar-refractivity contribution in [3.8, 4) is 11.1 Å². The second-order valence-electron chi connectivity index (χ2n) is 4.82. The summed E-state index contributed by atoms with van der Waals surface area (Å²) >= 11 is 0. The van der Waals surface area contributed by atoms with Crippen molar-refractivity contribution in [2.24, 2.45) is 0 Å². The first kappa shape index (κ1) is 12.6. The van der Waals surface area contributed by atoms with Crippen molar-refractivity contribution in [1.82, 2.24) is 0 Å². The summed E-state index contributed by atoms with van der Waals surface area (Å²) in [4.78, 5) is 11.0. The van der Waals surface area contributed by atoms with Crippen LogP contribution in [0.25, 0.3) is 11.1 Å². The lowest BCUT2D eigenvalue weighted by Crippen LogP contribution is -2.00. The van der Waals surface area contributed by atoms with E-state index in [-0.39, 0.29) is 0 Å². The van der Waals surface area contributed by atoms with Crippen LogP contribution in [-0.2, 0) is 0 Å². The Morgan fingerprint density at radius 1 is 0.889 bits per heavy atom. The van der Waals surface area contributed by atoms with Crippen LogP contribution in [0.5, 0.6) is 0 Å². The molecule has 2 nitrogen and oxygen atoms in total. The number of carbonyl (C=O) groups is 1. The fourth-order valence-corrected chi connectivity index (χ4v) is 2.52. The van der Waals surface area contributed by atoms with Crippen LogP contribution in [0.4, 0.5) is 0 Å². The van der Waals surface area contributed by atoms with Crippen LogP contribution in [0.2, 0.25) is 0 Å². The van der Waals surface area contributed by atoms with E-state index in [1.165, 1.54) is 27.8 Å². The minimum absolute atomic E-state index is 0.406. The highest BCUT2D eigenvalue weighted by Gasteiger charge is 2.17. The van der Waals surface area contributed by atoms with Gasteiger partial charge in [0.2, 0.25) is 0 Å². The highest BCUT2D eigenvalue weighted by molar-refractivity contribution is 5.87. The number of carbonyl (C=O) groups excluding carboxylic acids is 1. The molecule has 0 radical (unpaired) electrons. The van der Waals surface area contributed by atoms with Gasteiger partial charge in [-0.1, -0.05) is 0 Å². The molecule has 0 N–H and O–H groups in total. The molecule has 0 unspecified atom stereocenters. The lowest BCUT2D eigenvalue weighted by molar-refractivity contribution is 0.110. The zero-order valence-corrected chi connectivity index (χ0v) is 11.5. The molecule has 94 valence electrons. The molecule has 0 bridgehead atoms. The zero-order valence-electron chi connectivity index (χ0n) is 11.5. The highest BCUT2D eigenvalue weighted by Crippen LogP contribution is 2.35. The molecule has 0 aliphatic heterocycles. The normalized spacial score (nSPS) is 10.7. The van der Waals surface area contributed by atoms with Crippen LogP contribution in [0.1, 0.15) is 38.4 Å². The smallest absolute Gasteiger partial charge is 0.185 e. The van der Waals surface area contributed by atoms with Gasteiger partial charge in [-0.05, 0) is 74.1 Å². The SMILES string of the molecule is Cc1c(C)c(C)c(-c2ccoc2C=O)c(C)c1C. The summed E-state index contributed by atoms with van der Waals surface area (Å²) in [5.74, 6) is 0.406. The van der Waals surface area contributed by atoms with E-state index in [0.29, 0.717) is 5.76 Å². The second kappa shape index (κ2) is 4.45. The maximum atomic E-state index is 11.0. The summed E-state index contributed by atoms with van der Waals surface area (Å²) in [6.07, 6.45) is 2.35. The van der Waals surface area contributed by atoms with E-state index in [2.05, 4.69) is 34.6 Å². The Bertz CT molecular complexity index is 589. The van der Waals surface area contributed by atoms with Crippen molar-refractivity contribution in [3.05, 3.63) is 45.9 Å². The molecule has 0 atom stereocenters. The van der Waals surface area contributed by atoms with Crippen molar-refractivity contribution in [2.45, 2.75) is 34.6 Å². The van der Waals surface area contributed by atoms with Crippen molar-refractivity contribution in [3.63, 3.8) is 0 Å². The minimum Gasteiger partial charge on any atom is -0.461 e. The first-order valence-corrected chi connectivity index (χ1v) is 6.09. The first-order valence-electron chi connectivity index (χ1n) is 6.09. The monoisotopic (exact) mass is 242 g/mol. The molecule has 0 aliphatic rings. The molecule has 0 saturated heterocycles. The summed E-state index contributed by atoms with van der Waals surface area (Å²) in [7, 11) is 0. The summed E-state index contributed by atoms with van der Waals surface area (Å²) in [5, 5.41) is 0. The van der Waals surface area contributed by atoms with Crippen LogP contribution < -0.4 is 0 Å². The van der Waals surface area contributed by atoms with Crippen molar-refractivity contribution >= 4 is 6.29 Å². The molecule has 18 heavy (non-hydrogen) atoms. The molecular formula is C16H18O2. The third-order valence-electron chi connectivity index (χ3n) is 4.07. The topological polar surface area (TPSA) is 30.2 Å². The molecular weight excluding hydrogens is 224 g/mol. The van der Waals surface area contributed by atoms with E-state index in [1.54, 1.807) is 6.26 Å². The Balaban J connectivity index is 2.84. The van der Waals surface area contributed by atoms with Gasteiger partial charge in [-0.25, -0.2) is 0 Å². The molecule has 0 saturated carbocycles. The Hall–Kier alpha value is -1.83. The van der Waals surface area contributed by atoms with Gasteiger partial charge in [0, 0.05) is 5.56 Å². The summed E-state index contributed by atoms with van der Waals surface area (Å²) in [6.45, 7) is 10.6. The van der Waals surface area contributed by atoms with Crippen LogP contribution in [-0.4, -0.2) is 6.29 Å². The summed E-state index contributed by atoms with van der Waals surface area (Å²) in [6, 6.07) is 1.87. The Morgan fingerprint density at radius 3 is 1.89 bits per heavy atom. The molecule has 0 amide bonds. The number of hydrogen-bond donors (Lipinski definition) is 0. The van der Waals surface area contributed by atoms with Gasteiger partial charge in [-0.2, -0.15) is 0 Å². The molecule has 0 spiro atoms. The largest absolute Gasteiger partial charge is 0.461 e. The van der Waals surface area contributed by atoms with Crippen LogP contribution in [0.15, 0.2) is 16.7 Å². The quantitative estimate of drug-likeness (QED) is 0.735. The third kappa shape index (κ3) is 1.69. The van der Waals surface area contributed by atoms with E-state index in [9.17, 15) is 4.79 Å². The standard InChI is InChI=1S/C16H18O2/c1-9-10(2)12(4)16(13(5)11(9)3)14-6-7-18-15(14)8-17/h6-8H,1-5H3. The maximum Gasteiger partial charge on any atom is 0.185 e. The molecule has 2 aromatic rings. The van der Waals surface area contributed by atoms with Crippen molar-refractivity contribution in [1.29, 1.82) is 0 Å².